The van der Waals surface area contributed by atoms with Crippen molar-refractivity contribution in [2.24, 2.45) is 0 Å². The molecule has 0 atom stereocenters. The number of nitrogens with one attached hydrogen (secondary N) is 2. The smallest absolute Gasteiger partial charge is 0.291 e. The molecule has 0 fully saturated rings. The Morgan fingerprint density at radius 3 is 2.43 bits per heavy atom. The van der Waals surface area contributed by atoms with Crippen LogP contribution in [0.5, 0.6) is 11.5 Å². The van der Waals surface area contributed by atoms with Gasteiger partial charge in [0.05, 0.1) is 25.5 Å². The van der Waals surface area contributed by atoms with E-state index in [1.165, 1.54) is 0 Å². The average Bonchev–Trinajstić information content (AvgIpc) is 3.20. The van der Waals surface area contributed by atoms with Crippen molar-refractivity contribution in [2.45, 2.75) is 6.42 Å². The van der Waals surface area contributed by atoms with Crippen molar-refractivity contribution in [3.8, 4) is 11.5 Å². The van der Waals surface area contributed by atoms with E-state index in [2.05, 4.69) is 26.6 Å². The van der Waals surface area contributed by atoms with Crippen LogP contribution in [-0.4, -0.2) is 32.6 Å². The number of hydrogen-bond donors (Lipinski definition) is 2. The van der Waals surface area contributed by atoms with Crippen molar-refractivity contribution in [3.05, 3.63) is 76.2 Å². The largest absolute Gasteiger partial charge is 0.493 e. The molecule has 8 heteroatoms. The third-order valence-corrected chi connectivity index (χ3v) is 4.79. The maximum Gasteiger partial charge on any atom is 0.291 e. The van der Waals surface area contributed by atoms with Gasteiger partial charge < -0.3 is 24.5 Å². The predicted octanol–water partition coefficient (Wildman–Crippen LogP) is 4.28. The summed E-state index contributed by atoms with van der Waals surface area (Å²) in [6.07, 6.45) is 0.612. The lowest BCUT2D eigenvalue weighted by Crippen LogP contribution is -2.27. The summed E-state index contributed by atoms with van der Waals surface area (Å²) in [7, 11) is 3.16. The van der Waals surface area contributed by atoms with Crippen LogP contribution >= 0.6 is 15.9 Å². The molecule has 7 nitrogen and oxygen atoms in total. The van der Waals surface area contributed by atoms with Gasteiger partial charge in [-0.3, -0.25) is 9.59 Å². The van der Waals surface area contributed by atoms with Crippen LogP contribution in [0.2, 0.25) is 0 Å². The molecule has 3 rings (SSSR count). The summed E-state index contributed by atoms with van der Waals surface area (Å²) in [5, 5.41) is 5.59. The third kappa shape index (κ3) is 5.21. The zero-order valence-electron chi connectivity index (χ0n) is 16.5. The molecule has 30 heavy (non-hydrogen) atoms. The summed E-state index contributed by atoms with van der Waals surface area (Å²) >= 11 is 3.16. The Labute approximate surface area is 182 Å². The van der Waals surface area contributed by atoms with Crippen molar-refractivity contribution >= 4 is 33.4 Å². The summed E-state index contributed by atoms with van der Waals surface area (Å²) in [6, 6.07) is 15.6. The first-order valence-electron chi connectivity index (χ1n) is 9.16. The molecule has 156 valence electrons. The van der Waals surface area contributed by atoms with Crippen LogP contribution in [0.25, 0.3) is 0 Å². The summed E-state index contributed by atoms with van der Waals surface area (Å²) in [5.74, 6) is 0.710. The average molecular weight is 473 g/mol. The van der Waals surface area contributed by atoms with Crippen molar-refractivity contribution in [1.82, 2.24) is 5.32 Å². The fourth-order valence-electron chi connectivity index (χ4n) is 2.86. The summed E-state index contributed by atoms with van der Waals surface area (Å²) < 4.78 is 16.2. The Morgan fingerprint density at radius 2 is 1.73 bits per heavy atom. The van der Waals surface area contributed by atoms with Crippen LogP contribution in [0.3, 0.4) is 0 Å². The van der Waals surface area contributed by atoms with E-state index in [0.29, 0.717) is 40.4 Å². The minimum Gasteiger partial charge on any atom is -0.493 e. The first-order valence-corrected chi connectivity index (χ1v) is 9.96. The highest BCUT2D eigenvalue weighted by molar-refractivity contribution is 9.10. The number of para-hydroxylation sites is 1. The highest BCUT2D eigenvalue weighted by Gasteiger charge is 2.16. The van der Waals surface area contributed by atoms with E-state index in [9.17, 15) is 9.59 Å². The van der Waals surface area contributed by atoms with Crippen LogP contribution in [0.4, 0.5) is 5.69 Å². The standard InChI is InChI=1S/C22H21BrN2O5/c1-28-17-8-7-14(13-19(17)29-2)11-12-24-21(26)15-5-3-4-6-16(15)25-22(27)18-9-10-20(23)30-18/h3-10,13H,11-12H2,1-2H3,(H,24,26)(H,25,27). The van der Waals surface area contributed by atoms with Crippen molar-refractivity contribution in [1.29, 1.82) is 0 Å². The fraction of sp³-hybridized carbons (Fsp3) is 0.182. The van der Waals surface area contributed by atoms with E-state index < -0.39 is 5.91 Å². The molecule has 2 amide bonds. The summed E-state index contributed by atoms with van der Waals surface area (Å²) in [6.45, 7) is 0.418. The Balaban J connectivity index is 1.63. The molecule has 1 heterocycles. The molecule has 1 aromatic heterocycles. The van der Waals surface area contributed by atoms with E-state index in [4.69, 9.17) is 13.9 Å². The number of benzene rings is 2. The quantitative estimate of drug-likeness (QED) is 0.510. The van der Waals surface area contributed by atoms with Crippen molar-refractivity contribution < 1.29 is 23.5 Å². The highest BCUT2D eigenvalue weighted by atomic mass is 79.9. The Hall–Kier alpha value is -3.26. The Kier molecular flexibility index (Phi) is 7.13. The number of rotatable bonds is 8. The van der Waals surface area contributed by atoms with Crippen LogP contribution in [0.1, 0.15) is 26.5 Å². The molecule has 0 spiro atoms. The number of hydrogen-bond acceptors (Lipinski definition) is 5. The van der Waals surface area contributed by atoms with Gasteiger partial charge in [-0.1, -0.05) is 18.2 Å². The second kappa shape index (κ2) is 9.98. The van der Waals surface area contributed by atoms with Crippen molar-refractivity contribution in [3.63, 3.8) is 0 Å². The molecule has 0 bridgehead atoms. The van der Waals surface area contributed by atoms with Gasteiger partial charge in [0.2, 0.25) is 0 Å². The van der Waals surface area contributed by atoms with Gasteiger partial charge in [0.15, 0.2) is 21.9 Å². The topological polar surface area (TPSA) is 89.8 Å². The number of carbonyl (C=O) groups excluding carboxylic acids is 2. The fourth-order valence-corrected chi connectivity index (χ4v) is 3.17. The van der Waals surface area contributed by atoms with E-state index in [1.54, 1.807) is 50.6 Å². The van der Waals surface area contributed by atoms with Gasteiger partial charge in [-0.05, 0) is 64.3 Å². The monoisotopic (exact) mass is 472 g/mol. The number of anilines is 1. The Bertz CT molecular complexity index is 1050. The summed E-state index contributed by atoms with van der Waals surface area (Å²) in [4.78, 5) is 25.0. The molecule has 0 radical (unpaired) electrons. The summed E-state index contributed by atoms with van der Waals surface area (Å²) in [5.41, 5.74) is 1.76. The van der Waals surface area contributed by atoms with Crippen LogP contribution in [0, 0.1) is 0 Å². The van der Waals surface area contributed by atoms with Gasteiger partial charge in [-0.2, -0.15) is 0 Å². The van der Waals surface area contributed by atoms with Gasteiger partial charge in [-0.15, -0.1) is 0 Å². The highest BCUT2D eigenvalue weighted by Crippen LogP contribution is 2.27. The number of halogens is 1. The van der Waals surface area contributed by atoms with Crippen LogP contribution in [0.15, 0.2) is 63.7 Å². The lowest BCUT2D eigenvalue weighted by Gasteiger charge is -2.12. The first kappa shape index (κ1) is 21.4. The van der Waals surface area contributed by atoms with Gasteiger partial charge in [0.1, 0.15) is 0 Å². The lowest BCUT2D eigenvalue weighted by molar-refractivity contribution is 0.0955. The van der Waals surface area contributed by atoms with E-state index in [0.717, 1.165) is 5.56 Å². The lowest BCUT2D eigenvalue weighted by atomic mass is 10.1. The molecule has 0 aliphatic carbocycles. The molecular weight excluding hydrogens is 452 g/mol. The number of amides is 2. The maximum absolute atomic E-state index is 12.7. The number of methoxy groups -OCH3 is 2. The zero-order valence-corrected chi connectivity index (χ0v) is 18.1. The SMILES string of the molecule is COc1ccc(CCNC(=O)c2ccccc2NC(=O)c2ccc(Br)o2)cc1OC. The second-order valence-electron chi connectivity index (χ2n) is 6.30. The van der Waals surface area contributed by atoms with E-state index in [-0.39, 0.29) is 11.7 Å². The first-order chi connectivity index (χ1) is 14.5. The molecule has 2 N–H and O–H groups in total. The van der Waals surface area contributed by atoms with Gasteiger partial charge in [0.25, 0.3) is 11.8 Å². The minimum absolute atomic E-state index is 0.144. The van der Waals surface area contributed by atoms with Crippen molar-refractivity contribution in [2.75, 3.05) is 26.1 Å². The molecule has 0 saturated carbocycles. The molecular formula is C22H21BrN2O5. The maximum atomic E-state index is 12.7. The number of ether oxygens (including phenoxy) is 2. The van der Waals surface area contributed by atoms with Gasteiger partial charge in [-0.25, -0.2) is 0 Å². The van der Waals surface area contributed by atoms with Crippen LogP contribution < -0.4 is 20.1 Å². The van der Waals surface area contributed by atoms with E-state index in [1.807, 2.05) is 18.2 Å². The van der Waals surface area contributed by atoms with Gasteiger partial charge in [0, 0.05) is 6.54 Å². The molecule has 3 aromatic rings. The number of carbonyl (C=O) groups is 2. The molecule has 0 unspecified atom stereocenters. The van der Waals surface area contributed by atoms with E-state index >= 15 is 0 Å². The van der Waals surface area contributed by atoms with Gasteiger partial charge >= 0.3 is 0 Å². The predicted molar refractivity (Wildman–Crippen MR) is 116 cm³/mol. The normalized spacial score (nSPS) is 10.4. The molecule has 0 saturated heterocycles. The minimum atomic E-state index is -0.439. The molecule has 0 aliphatic rings. The second-order valence-corrected chi connectivity index (χ2v) is 7.08. The molecule has 2 aromatic carbocycles. The third-order valence-electron chi connectivity index (χ3n) is 4.36. The zero-order chi connectivity index (χ0) is 21.5. The van der Waals surface area contributed by atoms with Crippen LogP contribution in [-0.2, 0) is 6.42 Å². The Morgan fingerprint density at radius 1 is 0.967 bits per heavy atom. The molecule has 0 aliphatic heterocycles. The number of furan rings is 1.